The maximum atomic E-state index is 10.4. The molecular formula is C16H30IN5OS. The third-order valence-corrected chi connectivity index (χ3v) is 5.13. The van der Waals surface area contributed by atoms with Crippen LogP contribution in [0, 0.1) is 13.8 Å². The number of thioether (sulfide) groups is 1. The lowest BCUT2D eigenvalue weighted by atomic mass is 10.1. The minimum absolute atomic E-state index is 0. The van der Waals surface area contributed by atoms with Crippen molar-refractivity contribution in [2.75, 3.05) is 31.1 Å². The summed E-state index contributed by atoms with van der Waals surface area (Å²) in [6, 6.07) is 2.10. The molecule has 1 aromatic heterocycles. The second-order valence-electron chi connectivity index (χ2n) is 6.15. The molecule has 2 rings (SSSR count). The highest BCUT2D eigenvalue weighted by atomic mass is 127. The first-order valence-electron chi connectivity index (χ1n) is 8.36. The predicted octanol–water partition coefficient (Wildman–Crippen LogP) is 1.93. The van der Waals surface area contributed by atoms with Crippen LogP contribution < -0.4 is 10.6 Å². The topological polar surface area (TPSA) is 74.5 Å². The Morgan fingerprint density at radius 1 is 1.46 bits per heavy atom. The van der Waals surface area contributed by atoms with Crippen molar-refractivity contribution in [2.45, 2.75) is 45.8 Å². The second kappa shape index (κ2) is 10.5. The van der Waals surface area contributed by atoms with Gasteiger partial charge in [0.1, 0.15) is 0 Å². The molecule has 8 heteroatoms. The summed E-state index contributed by atoms with van der Waals surface area (Å²) >= 11 is 1.80. The van der Waals surface area contributed by atoms with Crippen LogP contribution in [-0.2, 0) is 6.54 Å². The van der Waals surface area contributed by atoms with Gasteiger partial charge in [0, 0.05) is 31.1 Å². The molecule has 0 bridgehead atoms. The van der Waals surface area contributed by atoms with Crippen LogP contribution in [0.15, 0.2) is 11.1 Å². The molecule has 1 aliphatic heterocycles. The minimum Gasteiger partial charge on any atom is -0.387 e. The Bertz CT molecular complexity index is 529. The van der Waals surface area contributed by atoms with Gasteiger partial charge in [-0.2, -0.15) is 16.9 Å². The van der Waals surface area contributed by atoms with Crippen LogP contribution >= 0.6 is 35.7 Å². The van der Waals surface area contributed by atoms with Crippen LogP contribution in [-0.4, -0.2) is 57.6 Å². The molecule has 1 atom stereocenters. The minimum atomic E-state index is -0.628. The third-order valence-electron chi connectivity index (χ3n) is 3.90. The number of rotatable bonds is 7. The monoisotopic (exact) mass is 467 g/mol. The zero-order valence-electron chi connectivity index (χ0n) is 14.8. The van der Waals surface area contributed by atoms with Gasteiger partial charge >= 0.3 is 0 Å². The quantitative estimate of drug-likeness (QED) is 0.247. The van der Waals surface area contributed by atoms with E-state index in [1.54, 1.807) is 11.8 Å². The van der Waals surface area contributed by atoms with E-state index >= 15 is 0 Å². The number of aromatic nitrogens is 2. The molecule has 3 N–H and O–H groups in total. The fourth-order valence-electron chi connectivity index (χ4n) is 2.63. The van der Waals surface area contributed by atoms with Gasteiger partial charge in [-0.25, -0.2) is 0 Å². The zero-order valence-corrected chi connectivity index (χ0v) is 18.0. The van der Waals surface area contributed by atoms with E-state index in [1.807, 2.05) is 18.5 Å². The Morgan fingerprint density at radius 2 is 2.25 bits per heavy atom. The number of guanidine groups is 1. The van der Waals surface area contributed by atoms with Gasteiger partial charge in [-0.15, -0.1) is 24.0 Å². The van der Waals surface area contributed by atoms with Crippen molar-refractivity contribution in [1.82, 2.24) is 20.4 Å². The van der Waals surface area contributed by atoms with Crippen LogP contribution in [0.5, 0.6) is 0 Å². The Morgan fingerprint density at radius 3 is 2.83 bits per heavy atom. The number of nitrogens with one attached hydrogen (secondary N) is 2. The van der Waals surface area contributed by atoms with Gasteiger partial charge in [0.15, 0.2) is 5.96 Å². The molecule has 0 amide bonds. The van der Waals surface area contributed by atoms with E-state index in [0.29, 0.717) is 6.54 Å². The molecule has 2 heterocycles. The van der Waals surface area contributed by atoms with E-state index in [9.17, 15) is 5.11 Å². The normalized spacial score (nSPS) is 20.8. The molecule has 1 aliphatic rings. The lowest BCUT2D eigenvalue weighted by Crippen LogP contribution is -2.40. The van der Waals surface area contributed by atoms with E-state index in [-0.39, 0.29) is 24.0 Å². The SMILES string of the molecule is CCNC(=NCC1(O)CCSC1)NCCCn1nc(C)cc1C.I. The van der Waals surface area contributed by atoms with Gasteiger partial charge in [-0.3, -0.25) is 9.67 Å². The van der Waals surface area contributed by atoms with Gasteiger partial charge in [0.25, 0.3) is 0 Å². The summed E-state index contributed by atoms with van der Waals surface area (Å²) in [5.41, 5.74) is 1.63. The average molecular weight is 467 g/mol. The summed E-state index contributed by atoms with van der Waals surface area (Å²) in [6.07, 6.45) is 1.81. The van der Waals surface area contributed by atoms with E-state index < -0.39 is 5.60 Å². The van der Waals surface area contributed by atoms with Crippen molar-refractivity contribution in [3.8, 4) is 0 Å². The summed E-state index contributed by atoms with van der Waals surface area (Å²) in [5.74, 6) is 2.60. The highest BCUT2D eigenvalue weighted by Crippen LogP contribution is 2.27. The fraction of sp³-hybridized carbons (Fsp3) is 0.750. The lowest BCUT2D eigenvalue weighted by molar-refractivity contribution is 0.0778. The number of halogens is 1. The highest BCUT2D eigenvalue weighted by molar-refractivity contribution is 14.0. The van der Waals surface area contributed by atoms with Crippen LogP contribution in [0.4, 0.5) is 0 Å². The Labute approximate surface area is 166 Å². The number of aliphatic imine (C=N–C) groups is 1. The molecule has 0 aromatic carbocycles. The van der Waals surface area contributed by atoms with Crippen molar-refractivity contribution in [3.63, 3.8) is 0 Å². The molecular weight excluding hydrogens is 437 g/mol. The molecule has 1 unspecified atom stereocenters. The van der Waals surface area contributed by atoms with Crippen LogP contribution in [0.25, 0.3) is 0 Å². The summed E-state index contributed by atoms with van der Waals surface area (Å²) in [6.45, 7) is 9.16. The van der Waals surface area contributed by atoms with Gasteiger partial charge in [0.05, 0.1) is 17.8 Å². The largest absolute Gasteiger partial charge is 0.387 e. The molecule has 0 spiro atoms. The van der Waals surface area contributed by atoms with Gasteiger partial charge in [-0.1, -0.05) is 0 Å². The van der Waals surface area contributed by atoms with Crippen molar-refractivity contribution in [3.05, 3.63) is 17.5 Å². The van der Waals surface area contributed by atoms with Gasteiger partial charge in [-0.05, 0) is 45.4 Å². The number of nitrogens with zero attached hydrogens (tertiary/aromatic N) is 3. The summed E-state index contributed by atoms with van der Waals surface area (Å²) in [5, 5.41) is 21.4. The summed E-state index contributed by atoms with van der Waals surface area (Å²) in [7, 11) is 0. The molecule has 1 saturated heterocycles. The molecule has 0 saturated carbocycles. The number of hydrogen-bond donors (Lipinski definition) is 3. The summed E-state index contributed by atoms with van der Waals surface area (Å²) in [4.78, 5) is 4.54. The molecule has 1 fully saturated rings. The average Bonchev–Trinajstić information content (AvgIpc) is 3.07. The molecule has 0 aliphatic carbocycles. The van der Waals surface area contributed by atoms with Crippen LogP contribution in [0.2, 0.25) is 0 Å². The predicted molar refractivity (Wildman–Crippen MR) is 113 cm³/mol. The highest BCUT2D eigenvalue weighted by Gasteiger charge is 2.31. The maximum absolute atomic E-state index is 10.4. The van der Waals surface area contributed by atoms with Crippen molar-refractivity contribution in [1.29, 1.82) is 0 Å². The van der Waals surface area contributed by atoms with Gasteiger partial charge < -0.3 is 15.7 Å². The Kier molecular flexibility index (Phi) is 9.43. The molecule has 1 aromatic rings. The smallest absolute Gasteiger partial charge is 0.191 e. The second-order valence-corrected chi connectivity index (χ2v) is 7.26. The zero-order chi connectivity index (χ0) is 16.7. The fourth-order valence-corrected chi connectivity index (χ4v) is 3.91. The van der Waals surface area contributed by atoms with Crippen LogP contribution in [0.1, 0.15) is 31.2 Å². The van der Waals surface area contributed by atoms with E-state index in [4.69, 9.17) is 0 Å². The maximum Gasteiger partial charge on any atom is 0.191 e. The number of aryl methyl sites for hydroxylation is 3. The first kappa shape index (κ1) is 21.6. The molecule has 24 heavy (non-hydrogen) atoms. The van der Waals surface area contributed by atoms with Crippen molar-refractivity contribution < 1.29 is 5.11 Å². The lowest BCUT2D eigenvalue weighted by Gasteiger charge is -2.19. The van der Waals surface area contributed by atoms with Gasteiger partial charge in [0.2, 0.25) is 0 Å². The number of aliphatic hydroxyl groups is 1. The van der Waals surface area contributed by atoms with Crippen molar-refractivity contribution >= 4 is 41.7 Å². The Balaban J connectivity index is 0.00000288. The molecule has 0 radical (unpaired) electrons. The van der Waals surface area contributed by atoms with Crippen LogP contribution in [0.3, 0.4) is 0 Å². The third kappa shape index (κ3) is 6.79. The van der Waals surface area contributed by atoms with E-state index in [1.165, 1.54) is 5.69 Å². The summed E-state index contributed by atoms with van der Waals surface area (Å²) < 4.78 is 2.04. The Hall–Kier alpha value is -0.480. The first-order chi connectivity index (χ1) is 11.0. The first-order valence-corrected chi connectivity index (χ1v) is 9.51. The molecule has 138 valence electrons. The van der Waals surface area contributed by atoms with E-state index in [0.717, 1.165) is 55.6 Å². The van der Waals surface area contributed by atoms with Crippen molar-refractivity contribution in [2.24, 2.45) is 4.99 Å². The number of hydrogen-bond acceptors (Lipinski definition) is 4. The van der Waals surface area contributed by atoms with E-state index in [2.05, 4.69) is 33.7 Å². The molecule has 6 nitrogen and oxygen atoms in total. The standard InChI is InChI=1S/C16H29N5OS.HI/c1-4-17-15(19-11-16(22)6-9-23-12-16)18-7-5-8-21-14(3)10-13(2)20-21;/h10,22H,4-9,11-12H2,1-3H3,(H2,17,18,19);1H.